The maximum absolute atomic E-state index is 11.0. The van der Waals surface area contributed by atoms with Crippen molar-refractivity contribution in [2.75, 3.05) is 6.54 Å². The fourth-order valence-electron chi connectivity index (χ4n) is 0.709. The molecule has 82 valence electrons. The third-order valence-electron chi connectivity index (χ3n) is 1.51. The predicted molar refractivity (Wildman–Crippen MR) is 52.8 cm³/mol. The summed E-state index contributed by atoms with van der Waals surface area (Å²) in [5.41, 5.74) is -0.513. The molecule has 15 heavy (non-hydrogen) atoms. The number of carboxylic acids is 1. The van der Waals surface area contributed by atoms with Crippen molar-refractivity contribution < 1.29 is 14.7 Å². The van der Waals surface area contributed by atoms with Crippen LogP contribution >= 0.6 is 0 Å². The van der Waals surface area contributed by atoms with Gasteiger partial charge in [-0.15, -0.1) is 0 Å². The molecule has 0 aliphatic carbocycles. The van der Waals surface area contributed by atoms with Crippen molar-refractivity contribution in [2.45, 2.75) is 19.8 Å². The Hall–Kier alpha value is -2.03. The van der Waals surface area contributed by atoms with Crippen molar-refractivity contribution >= 4 is 12.0 Å². The second kappa shape index (κ2) is 7.38. The van der Waals surface area contributed by atoms with E-state index in [4.69, 9.17) is 10.4 Å². The average Bonchev–Trinajstić information content (AvgIpc) is 2.18. The Morgan fingerprint density at radius 3 is 2.67 bits per heavy atom. The topological polar surface area (TPSA) is 102 Å². The second-order valence-corrected chi connectivity index (χ2v) is 2.73. The van der Waals surface area contributed by atoms with Gasteiger partial charge in [-0.1, -0.05) is 13.3 Å². The first-order chi connectivity index (χ1) is 7.11. The molecule has 0 heterocycles. The van der Waals surface area contributed by atoms with E-state index >= 15 is 0 Å². The summed E-state index contributed by atoms with van der Waals surface area (Å²) >= 11 is 0. The minimum absolute atomic E-state index is 0.513. The highest BCUT2D eigenvalue weighted by Gasteiger charge is 2.05. The van der Waals surface area contributed by atoms with Crippen LogP contribution in [0.25, 0.3) is 0 Å². The van der Waals surface area contributed by atoms with Crippen LogP contribution in [0, 0.1) is 11.3 Å². The van der Waals surface area contributed by atoms with E-state index in [9.17, 15) is 9.59 Å². The Bertz CT molecular complexity index is 304. The van der Waals surface area contributed by atoms with E-state index in [1.54, 1.807) is 0 Å². The summed E-state index contributed by atoms with van der Waals surface area (Å²) in [5.74, 6) is -1.37. The van der Waals surface area contributed by atoms with Crippen molar-refractivity contribution in [1.29, 1.82) is 5.26 Å². The number of nitrogens with zero attached hydrogens (tertiary/aromatic N) is 1. The van der Waals surface area contributed by atoms with Crippen LogP contribution in [-0.2, 0) is 4.79 Å². The first kappa shape index (κ1) is 13.0. The molecule has 0 spiro atoms. The highest BCUT2D eigenvalue weighted by Crippen LogP contribution is 1.88. The Kier molecular flexibility index (Phi) is 6.38. The highest BCUT2D eigenvalue weighted by atomic mass is 16.4. The van der Waals surface area contributed by atoms with Crippen LogP contribution in [0.1, 0.15) is 19.8 Å². The summed E-state index contributed by atoms with van der Waals surface area (Å²) < 4.78 is 0. The van der Waals surface area contributed by atoms with Gasteiger partial charge in [-0.2, -0.15) is 5.26 Å². The number of hydrogen-bond donors (Lipinski definition) is 3. The van der Waals surface area contributed by atoms with Crippen LogP contribution in [-0.4, -0.2) is 23.7 Å². The summed E-state index contributed by atoms with van der Waals surface area (Å²) in [6.45, 7) is 2.50. The Morgan fingerprint density at radius 1 is 1.53 bits per heavy atom. The average molecular weight is 211 g/mol. The number of amides is 2. The van der Waals surface area contributed by atoms with Crippen molar-refractivity contribution in [1.82, 2.24) is 10.6 Å². The zero-order chi connectivity index (χ0) is 11.7. The number of carbonyl (C=O) groups excluding carboxylic acids is 1. The van der Waals surface area contributed by atoms with E-state index in [1.807, 2.05) is 6.92 Å². The number of carbonyl (C=O) groups is 2. The maximum atomic E-state index is 11.0. The molecule has 0 aromatic carbocycles. The summed E-state index contributed by atoms with van der Waals surface area (Å²) in [4.78, 5) is 21.3. The molecule has 2 amide bonds. The highest BCUT2D eigenvalue weighted by molar-refractivity contribution is 5.91. The van der Waals surface area contributed by atoms with Crippen LogP contribution in [0.4, 0.5) is 4.79 Å². The van der Waals surface area contributed by atoms with Crippen LogP contribution in [0.2, 0.25) is 0 Å². The van der Waals surface area contributed by atoms with Gasteiger partial charge in [-0.25, -0.2) is 9.59 Å². The molecule has 0 radical (unpaired) electrons. The lowest BCUT2D eigenvalue weighted by Crippen LogP contribution is -2.33. The molecule has 0 fully saturated rings. The number of hydrogen-bond acceptors (Lipinski definition) is 3. The summed E-state index contributed by atoms with van der Waals surface area (Å²) in [5, 5.41) is 21.5. The van der Waals surface area contributed by atoms with E-state index < -0.39 is 17.6 Å². The fraction of sp³-hybridized carbons (Fsp3) is 0.444. The summed E-state index contributed by atoms with van der Waals surface area (Å²) in [6, 6.07) is 0.927. The molecule has 6 nitrogen and oxygen atoms in total. The Balaban J connectivity index is 3.98. The lowest BCUT2D eigenvalue weighted by molar-refractivity contribution is -0.132. The predicted octanol–water partition coefficient (Wildman–Crippen LogP) is 0.578. The van der Waals surface area contributed by atoms with Gasteiger partial charge in [0.25, 0.3) is 0 Å². The number of nitriles is 1. The molecule has 0 aliphatic rings. The Morgan fingerprint density at radius 2 is 2.20 bits per heavy atom. The fourth-order valence-corrected chi connectivity index (χ4v) is 0.709. The van der Waals surface area contributed by atoms with E-state index in [-0.39, 0.29) is 0 Å². The zero-order valence-electron chi connectivity index (χ0n) is 8.41. The normalized spacial score (nSPS) is 10.3. The molecular formula is C9H13N3O3. The second-order valence-electron chi connectivity index (χ2n) is 2.73. The standard InChI is InChI=1S/C9H13N3O3/c1-2-3-4-11-9(15)12-6-7(5-10)8(13)14/h6H,2-4H2,1H3,(H,13,14)(H2,11,12,15). The summed E-state index contributed by atoms with van der Waals surface area (Å²) in [6.07, 6.45) is 2.67. The van der Waals surface area contributed by atoms with E-state index in [1.165, 1.54) is 6.07 Å². The van der Waals surface area contributed by atoms with Gasteiger partial charge in [0.15, 0.2) is 5.57 Å². The monoisotopic (exact) mass is 211 g/mol. The van der Waals surface area contributed by atoms with Crippen molar-refractivity contribution in [3.63, 3.8) is 0 Å². The van der Waals surface area contributed by atoms with Gasteiger partial charge in [0.05, 0.1) is 0 Å². The minimum Gasteiger partial charge on any atom is -0.477 e. The van der Waals surface area contributed by atoms with Crippen molar-refractivity contribution in [2.24, 2.45) is 0 Å². The van der Waals surface area contributed by atoms with Gasteiger partial charge in [-0.05, 0) is 6.42 Å². The molecule has 0 atom stereocenters. The van der Waals surface area contributed by atoms with E-state index in [0.29, 0.717) is 6.54 Å². The van der Waals surface area contributed by atoms with E-state index in [0.717, 1.165) is 19.0 Å². The lowest BCUT2D eigenvalue weighted by atomic mass is 10.3. The van der Waals surface area contributed by atoms with Gasteiger partial charge < -0.3 is 15.7 Å². The quantitative estimate of drug-likeness (QED) is 0.351. The van der Waals surface area contributed by atoms with Crippen LogP contribution in [0.5, 0.6) is 0 Å². The SMILES string of the molecule is CCCCNC(=O)NC=C(C#N)C(=O)O. The van der Waals surface area contributed by atoms with Crippen LogP contribution in [0.3, 0.4) is 0 Å². The zero-order valence-corrected chi connectivity index (χ0v) is 8.41. The van der Waals surface area contributed by atoms with E-state index in [2.05, 4.69) is 10.6 Å². The number of aliphatic carboxylic acids is 1. The molecule has 0 rings (SSSR count). The third kappa shape index (κ3) is 6.10. The number of carboxylic acid groups (broad SMARTS) is 1. The largest absolute Gasteiger partial charge is 0.477 e. The third-order valence-corrected chi connectivity index (χ3v) is 1.51. The van der Waals surface area contributed by atoms with Gasteiger partial charge in [-0.3, -0.25) is 0 Å². The first-order valence-corrected chi connectivity index (χ1v) is 4.49. The van der Waals surface area contributed by atoms with Gasteiger partial charge in [0.1, 0.15) is 6.07 Å². The molecule has 3 N–H and O–H groups in total. The van der Waals surface area contributed by atoms with Crippen LogP contribution < -0.4 is 10.6 Å². The lowest BCUT2D eigenvalue weighted by Gasteiger charge is -2.02. The molecule has 0 bridgehead atoms. The molecule has 0 aliphatic heterocycles. The number of unbranched alkanes of at least 4 members (excludes halogenated alkanes) is 1. The van der Waals surface area contributed by atoms with Gasteiger partial charge in [0, 0.05) is 12.7 Å². The summed E-state index contributed by atoms with van der Waals surface area (Å²) in [7, 11) is 0. The molecule has 0 aromatic rings. The molecule has 6 heteroatoms. The molecule has 0 unspecified atom stereocenters. The molecule has 0 saturated carbocycles. The van der Waals surface area contributed by atoms with Crippen LogP contribution in [0.15, 0.2) is 11.8 Å². The van der Waals surface area contributed by atoms with Crippen molar-refractivity contribution in [3.8, 4) is 6.07 Å². The number of rotatable bonds is 5. The van der Waals surface area contributed by atoms with Gasteiger partial charge in [0.2, 0.25) is 0 Å². The smallest absolute Gasteiger partial charge is 0.347 e. The first-order valence-electron chi connectivity index (χ1n) is 4.49. The van der Waals surface area contributed by atoms with Gasteiger partial charge >= 0.3 is 12.0 Å². The number of nitrogens with one attached hydrogen (secondary N) is 2. The number of urea groups is 1. The van der Waals surface area contributed by atoms with Crippen molar-refractivity contribution in [3.05, 3.63) is 11.8 Å². The molecule has 0 aromatic heterocycles. The Labute approximate surface area is 87.6 Å². The molecular weight excluding hydrogens is 198 g/mol. The maximum Gasteiger partial charge on any atom is 0.347 e. The minimum atomic E-state index is -1.37. The molecule has 0 saturated heterocycles.